The Morgan fingerprint density at radius 3 is 2.65 bits per heavy atom. The third kappa shape index (κ3) is 6.02. The van der Waals surface area contributed by atoms with Crippen molar-refractivity contribution in [2.45, 2.75) is 32.7 Å². The predicted octanol–water partition coefficient (Wildman–Crippen LogP) is 4.23. The van der Waals surface area contributed by atoms with Gasteiger partial charge in [-0.1, -0.05) is 36.4 Å². The van der Waals surface area contributed by atoms with Crippen LogP contribution in [0, 0.1) is 0 Å². The van der Waals surface area contributed by atoms with Crippen LogP contribution < -0.4 is 15.4 Å². The van der Waals surface area contributed by atoms with Crippen molar-refractivity contribution < 1.29 is 9.53 Å². The number of benzene rings is 2. The Balaban J connectivity index is 1.78. The fourth-order valence-corrected chi connectivity index (χ4v) is 2.32. The summed E-state index contributed by atoms with van der Waals surface area (Å²) in [4.78, 5) is 12.0. The first-order valence-corrected chi connectivity index (χ1v) is 8.01. The van der Waals surface area contributed by atoms with Crippen molar-refractivity contribution >= 4 is 11.7 Å². The second-order valence-corrected chi connectivity index (χ2v) is 5.48. The van der Waals surface area contributed by atoms with E-state index in [-0.39, 0.29) is 12.1 Å². The van der Waals surface area contributed by atoms with Gasteiger partial charge in [0.2, 0.25) is 0 Å². The molecular formula is C19H24N2O2. The van der Waals surface area contributed by atoms with E-state index in [1.807, 2.05) is 56.3 Å². The van der Waals surface area contributed by atoms with Crippen LogP contribution in [0.5, 0.6) is 5.75 Å². The summed E-state index contributed by atoms with van der Waals surface area (Å²) in [6, 6.07) is 17.6. The maximum absolute atomic E-state index is 12.0. The lowest BCUT2D eigenvalue weighted by molar-refractivity contribution is 0.248. The number of urea groups is 1. The van der Waals surface area contributed by atoms with Gasteiger partial charge in [0.05, 0.1) is 6.61 Å². The Morgan fingerprint density at radius 1 is 1.13 bits per heavy atom. The largest absolute Gasteiger partial charge is 0.494 e. The van der Waals surface area contributed by atoms with Gasteiger partial charge in [-0.15, -0.1) is 0 Å². The molecule has 0 aliphatic carbocycles. The van der Waals surface area contributed by atoms with Crippen LogP contribution in [-0.2, 0) is 6.42 Å². The van der Waals surface area contributed by atoms with Gasteiger partial charge < -0.3 is 15.4 Å². The molecule has 122 valence electrons. The van der Waals surface area contributed by atoms with Crippen molar-refractivity contribution in [1.29, 1.82) is 0 Å². The fourth-order valence-electron chi connectivity index (χ4n) is 2.32. The quantitative estimate of drug-likeness (QED) is 0.804. The molecule has 1 atom stereocenters. The first kappa shape index (κ1) is 16.9. The molecule has 0 heterocycles. The number of hydrogen-bond donors (Lipinski definition) is 2. The summed E-state index contributed by atoms with van der Waals surface area (Å²) in [6.45, 7) is 4.55. The highest BCUT2D eigenvalue weighted by atomic mass is 16.5. The van der Waals surface area contributed by atoms with Gasteiger partial charge in [-0.2, -0.15) is 0 Å². The number of amides is 2. The van der Waals surface area contributed by atoms with E-state index in [0.29, 0.717) is 6.61 Å². The maximum atomic E-state index is 12.0. The second-order valence-electron chi connectivity index (χ2n) is 5.48. The van der Waals surface area contributed by atoms with E-state index in [2.05, 4.69) is 22.8 Å². The number of anilines is 1. The lowest BCUT2D eigenvalue weighted by Gasteiger charge is -2.15. The molecule has 2 rings (SSSR count). The van der Waals surface area contributed by atoms with Crippen LogP contribution in [0.4, 0.5) is 10.5 Å². The van der Waals surface area contributed by atoms with Crippen LogP contribution in [0.25, 0.3) is 0 Å². The Labute approximate surface area is 137 Å². The molecule has 2 amide bonds. The maximum Gasteiger partial charge on any atom is 0.319 e. The molecule has 0 spiro atoms. The van der Waals surface area contributed by atoms with Gasteiger partial charge in [0, 0.05) is 17.8 Å². The fraction of sp³-hybridized carbons (Fsp3) is 0.316. The first-order chi connectivity index (χ1) is 11.2. The highest BCUT2D eigenvalue weighted by Crippen LogP contribution is 2.17. The molecular weight excluding hydrogens is 288 g/mol. The standard InChI is InChI=1S/C19H24N2O2/c1-3-23-18-11-7-10-17(14-18)21-19(22)20-15(2)12-13-16-8-5-4-6-9-16/h4-11,14-15H,3,12-13H2,1-2H3,(H2,20,21,22). The molecule has 0 bridgehead atoms. The van der Waals surface area contributed by atoms with E-state index in [1.165, 1.54) is 5.56 Å². The number of hydrogen-bond acceptors (Lipinski definition) is 2. The summed E-state index contributed by atoms with van der Waals surface area (Å²) in [6.07, 6.45) is 1.85. The molecule has 4 nitrogen and oxygen atoms in total. The zero-order valence-corrected chi connectivity index (χ0v) is 13.7. The van der Waals surface area contributed by atoms with Crippen molar-refractivity contribution in [2.75, 3.05) is 11.9 Å². The van der Waals surface area contributed by atoms with E-state index in [9.17, 15) is 4.79 Å². The molecule has 2 aromatic rings. The topological polar surface area (TPSA) is 50.4 Å². The average molecular weight is 312 g/mol. The van der Waals surface area contributed by atoms with Crippen molar-refractivity contribution in [2.24, 2.45) is 0 Å². The highest BCUT2D eigenvalue weighted by molar-refractivity contribution is 5.89. The van der Waals surface area contributed by atoms with E-state index in [0.717, 1.165) is 24.3 Å². The van der Waals surface area contributed by atoms with E-state index < -0.39 is 0 Å². The van der Waals surface area contributed by atoms with Gasteiger partial charge in [0.1, 0.15) is 5.75 Å². The Kier molecular flexibility index (Phi) is 6.48. The van der Waals surface area contributed by atoms with Crippen molar-refractivity contribution in [3.8, 4) is 5.75 Å². The monoisotopic (exact) mass is 312 g/mol. The third-order valence-corrected chi connectivity index (χ3v) is 3.49. The van der Waals surface area contributed by atoms with Crippen LogP contribution in [0.15, 0.2) is 54.6 Å². The van der Waals surface area contributed by atoms with E-state index >= 15 is 0 Å². The van der Waals surface area contributed by atoms with Crippen LogP contribution in [0.3, 0.4) is 0 Å². The van der Waals surface area contributed by atoms with Gasteiger partial charge in [-0.25, -0.2) is 4.79 Å². The molecule has 4 heteroatoms. The third-order valence-electron chi connectivity index (χ3n) is 3.49. The Hall–Kier alpha value is -2.49. The van der Waals surface area contributed by atoms with Gasteiger partial charge in [0.25, 0.3) is 0 Å². The zero-order valence-electron chi connectivity index (χ0n) is 13.7. The summed E-state index contributed by atoms with van der Waals surface area (Å²) < 4.78 is 5.43. The second kappa shape index (κ2) is 8.83. The van der Waals surface area contributed by atoms with E-state index in [1.54, 1.807) is 0 Å². The van der Waals surface area contributed by atoms with Crippen LogP contribution in [0.2, 0.25) is 0 Å². The summed E-state index contributed by atoms with van der Waals surface area (Å²) >= 11 is 0. The number of nitrogens with one attached hydrogen (secondary N) is 2. The molecule has 0 saturated heterocycles. The summed E-state index contributed by atoms with van der Waals surface area (Å²) in [5, 5.41) is 5.80. The lowest BCUT2D eigenvalue weighted by atomic mass is 10.1. The van der Waals surface area contributed by atoms with Gasteiger partial charge in [0.15, 0.2) is 0 Å². The molecule has 2 aromatic carbocycles. The average Bonchev–Trinajstić information content (AvgIpc) is 2.54. The minimum atomic E-state index is -0.195. The van der Waals surface area contributed by atoms with Gasteiger partial charge >= 0.3 is 6.03 Å². The van der Waals surface area contributed by atoms with Crippen LogP contribution in [-0.4, -0.2) is 18.7 Å². The number of carbonyl (C=O) groups is 1. The van der Waals surface area contributed by atoms with Gasteiger partial charge in [-0.05, 0) is 44.4 Å². The van der Waals surface area contributed by atoms with Crippen molar-refractivity contribution in [3.63, 3.8) is 0 Å². The minimum absolute atomic E-state index is 0.102. The Bertz CT molecular complexity index is 614. The lowest BCUT2D eigenvalue weighted by Crippen LogP contribution is -2.36. The number of carbonyl (C=O) groups excluding carboxylic acids is 1. The van der Waals surface area contributed by atoms with Crippen LogP contribution >= 0.6 is 0 Å². The Morgan fingerprint density at radius 2 is 1.91 bits per heavy atom. The number of rotatable bonds is 7. The van der Waals surface area contributed by atoms with Crippen LogP contribution in [0.1, 0.15) is 25.8 Å². The number of aryl methyl sites for hydroxylation is 1. The molecule has 1 unspecified atom stereocenters. The minimum Gasteiger partial charge on any atom is -0.494 e. The first-order valence-electron chi connectivity index (χ1n) is 8.01. The SMILES string of the molecule is CCOc1cccc(NC(=O)NC(C)CCc2ccccc2)c1. The zero-order chi connectivity index (χ0) is 16.5. The molecule has 0 aliphatic heterocycles. The molecule has 0 aromatic heterocycles. The summed E-state index contributed by atoms with van der Waals surface area (Å²) in [5.41, 5.74) is 2.01. The summed E-state index contributed by atoms with van der Waals surface area (Å²) in [5.74, 6) is 0.752. The molecule has 0 saturated carbocycles. The molecule has 2 N–H and O–H groups in total. The molecule has 0 fully saturated rings. The normalized spacial score (nSPS) is 11.6. The van der Waals surface area contributed by atoms with Crippen molar-refractivity contribution in [1.82, 2.24) is 5.32 Å². The smallest absolute Gasteiger partial charge is 0.319 e. The predicted molar refractivity (Wildman–Crippen MR) is 94.0 cm³/mol. The number of ether oxygens (including phenoxy) is 1. The molecule has 0 radical (unpaired) electrons. The van der Waals surface area contributed by atoms with E-state index in [4.69, 9.17) is 4.74 Å². The molecule has 23 heavy (non-hydrogen) atoms. The molecule has 0 aliphatic rings. The van der Waals surface area contributed by atoms with Crippen molar-refractivity contribution in [3.05, 3.63) is 60.2 Å². The highest BCUT2D eigenvalue weighted by Gasteiger charge is 2.08. The van der Waals surface area contributed by atoms with Gasteiger partial charge in [-0.3, -0.25) is 0 Å². The summed E-state index contributed by atoms with van der Waals surface area (Å²) in [7, 11) is 0.